The summed E-state index contributed by atoms with van der Waals surface area (Å²) >= 11 is 4.89. The van der Waals surface area contributed by atoms with Gasteiger partial charge in [-0.2, -0.15) is 0 Å². The fourth-order valence-electron chi connectivity index (χ4n) is 1.50. The first-order valence-electron chi connectivity index (χ1n) is 3.65. The molecule has 0 atom stereocenters. The molecule has 0 saturated carbocycles. The van der Waals surface area contributed by atoms with E-state index < -0.39 is 0 Å². The number of aryl methyl sites for hydroxylation is 1. The average Bonchev–Trinajstić information content (AvgIpc) is 2.34. The fraction of sp³-hybridized carbons (Fsp3) is 0.429. The SMILES string of the molecule is Nc1nc(=S)[nH]c2c1CCC2. The molecule has 3 N–H and O–H groups in total. The lowest BCUT2D eigenvalue weighted by Gasteiger charge is -2.00. The molecule has 1 heterocycles. The van der Waals surface area contributed by atoms with E-state index in [1.54, 1.807) is 0 Å². The van der Waals surface area contributed by atoms with E-state index in [-0.39, 0.29) is 0 Å². The van der Waals surface area contributed by atoms with Crippen LogP contribution in [-0.2, 0) is 12.8 Å². The summed E-state index contributed by atoms with van der Waals surface area (Å²) in [6.07, 6.45) is 3.27. The largest absolute Gasteiger partial charge is 0.383 e. The van der Waals surface area contributed by atoms with Crippen molar-refractivity contribution in [3.8, 4) is 0 Å². The minimum atomic E-state index is 0.503. The van der Waals surface area contributed by atoms with Crippen molar-refractivity contribution in [2.75, 3.05) is 5.73 Å². The third-order valence-electron chi connectivity index (χ3n) is 2.01. The van der Waals surface area contributed by atoms with Gasteiger partial charge in [0.15, 0.2) is 4.77 Å². The summed E-state index contributed by atoms with van der Waals surface area (Å²) in [4.78, 5) is 7.03. The predicted octanol–water partition coefficient (Wildman–Crippen LogP) is 1.21. The van der Waals surface area contributed by atoms with Crippen molar-refractivity contribution in [1.29, 1.82) is 0 Å². The van der Waals surface area contributed by atoms with Gasteiger partial charge in [0.2, 0.25) is 0 Å². The average molecular weight is 167 g/mol. The maximum absolute atomic E-state index is 5.67. The Morgan fingerprint density at radius 2 is 2.27 bits per heavy atom. The molecule has 0 spiro atoms. The lowest BCUT2D eigenvalue weighted by atomic mass is 10.2. The fourth-order valence-corrected chi connectivity index (χ4v) is 1.72. The van der Waals surface area contributed by atoms with Crippen molar-refractivity contribution in [2.24, 2.45) is 0 Å². The zero-order valence-electron chi connectivity index (χ0n) is 6.05. The lowest BCUT2D eigenvalue weighted by Crippen LogP contribution is -2.00. The van der Waals surface area contributed by atoms with Gasteiger partial charge in [-0.05, 0) is 31.5 Å². The molecule has 0 fully saturated rings. The molecule has 0 saturated heterocycles. The molecule has 58 valence electrons. The highest BCUT2D eigenvalue weighted by atomic mass is 32.1. The molecule has 4 heteroatoms. The Bertz CT molecular complexity index is 342. The van der Waals surface area contributed by atoms with Crippen molar-refractivity contribution >= 4 is 18.0 Å². The van der Waals surface area contributed by atoms with E-state index in [4.69, 9.17) is 18.0 Å². The molecule has 0 radical (unpaired) electrons. The van der Waals surface area contributed by atoms with Crippen molar-refractivity contribution in [3.05, 3.63) is 16.0 Å². The second-order valence-corrected chi connectivity index (χ2v) is 3.12. The van der Waals surface area contributed by atoms with Crippen LogP contribution in [0.3, 0.4) is 0 Å². The number of nitrogens with zero attached hydrogens (tertiary/aromatic N) is 1. The maximum Gasteiger partial charge on any atom is 0.198 e. The van der Waals surface area contributed by atoms with Gasteiger partial charge in [0, 0.05) is 11.3 Å². The summed E-state index contributed by atoms with van der Waals surface area (Å²) < 4.78 is 0.503. The third kappa shape index (κ3) is 1.03. The van der Waals surface area contributed by atoms with Crippen LogP contribution in [0, 0.1) is 4.77 Å². The normalized spacial score (nSPS) is 14.9. The van der Waals surface area contributed by atoms with E-state index in [1.165, 1.54) is 11.3 Å². The minimum absolute atomic E-state index is 0.503. The third-order valence-corrected chi connectivity index (χ3v) is 2.20. The van der Waals surface area contributed by atoms with Gasteiger partial charge in [0.25, 0.3) is 0 Å². The van der Waals surface area contributed by atoms with Gasteiger partial charge in [-0.1, -0.05) is 0 Å². The molecule has 0 aromatic carbocycles. The van der Waals surface area contributed by atoms with Gasteiger partial charge < -0.3 is 10.7 Å². The number of hydrogen-bond acceptors (Lipinski definition) is 3. The van der Waals surface area contributed by atoms with Crippen molar-refractivity contribution in [2.45, 2.75) is 19.3 Å². The first kappa shape index (κ1) is 6.79. The molecular weight excluding hydrogens is 158 g/mol. The Hall–Kier alpha value is -0.900. The van der Waals surface area contributed by atoms with Crippen LogP contribution in [0.2, 0.25) is 0 Å². The molecule has 0 amide bonds. The number of H-pyrrole nitrogens is 1. The molecule has 11 heavy (non-hydrogen) atoms. The topological polar surface area (TPSA) is 54.7 Å². The molecule has 0 unspecified atom stereocenters. The van der Waals surface area contributed by atoms with E-state index in [0.29, 0.717) is 10.6 Å². The number of hydrogen-bond donors (Lipinski definition) is 2. The molecular formula is C7H9N3S. The molecule has 1 aliphatic carbocycles. The van der Waals surface area contributed by atoms with Gasteiger partial charge in [-0.3, -0.25) is 0 Å². The molecule has 0 bridgehead atoms. The summed E-state index contributed by atoms with van der Waals surface area (Å²) in [5, 5.41) is 0. The van der Waals surface area contributed by atoms with Crippen LogP contribution in [0.1, 0.15) is 17.7 Å². The highest BCUT2D eigenvalue weighted by Gasteiger charge is 2.14. The maximum atomic E-state index is 5.67. The first-order valence-corrected chi connectivity index (χ1v) is 4.06. The molecule has 1 aliphatic rings. The van der Waals surface area contributed by atoms with Gasteiger partial charge in [-0.25, -0.2) is 4.98 Å². The zero-order chi connectivity index (χ0) is 7.84. The van der Waals surface area contributed by atoms with Crippen LogP contribution >= 0.6 is 12.2 Å². The van der Waals surface area contributed by atoms with E-state index in [1.807, 2.05) is 0 Å². The first-order chi connectivity index (χ1) is 5.27. The standard InChI is InChI=1S/C7H9N3S/c8-6-4-2-1-3-5(4)9-7(11)10-6/h1-3H2,(H3,8,9,10,11). The van der Waals surface area contributed by atoms with E-state index >= 15 is 0 Å². The van der Waals surface area contributed by atoms with Crippen LogP contribution < -0.4 is 5.73 Å². The Labute approximate surface area is 69.7 Å². The minimum Gasteiger partial charge on any atom is -0.383 e. The van der Waals surface area contributed by atoms with Gasteiger partial charge in [0.05, 0.1) is 0 Å². The number of nitrogens with one attached hydrogen (secondary N) is 1. The number of nitrogen functional groups attached to an aromatic ring is 1. The smallest absolute Gasteiger partial charge is 0.198 e. The monoisotopic (exact) mass is 167 g/mol. The number of aromatic nitrogens is 2. The Morgan fingerprint density at radius 1 is 1.45 bits per heavy atom. The number of rotatable bonds is 0. The highest BCUT2D eigenvalue weighted by molar-refractivity contribution is 7.71. The molecule has 3 nitrogen and oxygen atoms in total. The Balaban J connectivity index is 2.70. The summed E-state index contributed by atoms with van der Waals surface area (Å²) in [6, 6.07) is 0. The summed E-state index contributed by atoms with van der Waals surface area (Å²) in [5.74, 6) is 0.612. The van der Waals surface area contributed by atoms with E-state index in [9.17, 15) is 0 Å². The lowest BCUT2D eigenvalue weighted by molar-refractivity contribution is 0.898. The second kappa shape index (κ2) is 2.30. The number of anilines is 1. The van der Waals surface area contributed by atoms with Gasteiger partial charge >= 0.3 is 0 Å². The van der Waals surface area contributed by atoms with E-state index in [0.717, 1.165) is 19.3 Å². The highest BCUT2D eigenvalue weighted by Crippen LogP contribution is 2.22. The van der Waals surface area contributed by atoms with Crippen LogP contribution in [0.25, 0.3) is 0 Å². The zero-order valence-corrected chi connectivity index (χ0v) is 6.87. The molecule has 0 aliphatic heterocycles. The van der Waals surface area contributed by atoms with Crippen LogP contribution in [0.4, 0.5) is 5.82 Å². The van der Waals surface area contributed by atoms with E-state index in [2.05, 4.69) is 9.97 Å². The second-order valence-electron chi connectivity index (χ2n) is 2.74. The Morgan fingerprint density at radius 3 is 3.09 bits per heavy atom. The molecule has 1 aromatic rings. The number of aromatic amines is 1. The number of fused-ring (bicyclic) bond motifs is 1. The summed E-state index contributed by atoms with van der Waals surface area (Å²) in [5.41, 5.74) is 8.02. The molecule has 1 aromatic heterocycles. The van der Waals surface area contributed by atoms with Crippen molar-refractivity contribution in [1.82, 2.24) is 9.97 Å². The Kier molecular flexibility index (Phi) is 1.42. The van der Waals surface area contributed by atoms with Crippen LogP contribution in [0.5, 0.6) is 0 Å². The van der Waals surface area contributed by atoms with Gasteiger partial charge in [0.1, 0.15) is 5.82 Å². The number of nitrogens with two attached hydrogens (primary N) is 1. The summed E-state index contributed by atoms with van der Waals surface area (Å²) in [7, 11) is 0. The van der Waals surface area contributed by atoms with Crippen molar-refractivity contribution < 1.29 is 0 Å². The molecule has 2 rings (SSSR count). The van der Waals surface area contributed by atoms with Crippen molar-refractivity contribution in [3.63, 3.8) is 0 Å². The van der Waals surface area contributed by atoms with Crippen LogP contribution in [-0.4, -0.2) is 9.97 Å². The van der Waals surface area contributed by atoms with Crippen LogP contribution in [0.15, 0.2) is 0 Å². The van der Waals surface area contributed by atoms with Gasteiger partial charge in [-0.15, -0.1) is 0 Å². The predicted molar refractivity (Wildman–Crippen MR) is 45.9 cm³/mol. The summed E-state index contributed by atoms with van der Waals surface area (Å²) in [6.45, 7) is 0. The quantitative estimate of drug-likeness (QED) is 0.571.